The molecule has 0 N–H and O–H groups in total. The first-order chi connectivity index (χ1) is 13.7. The fraction of sp³-hybridized carbons (Fsp3) is 0.889. The lowest BCUT2D eigenvalue weighted by Gasteiger charge is -2.58. The lowest BCUT2D eigenvalue weighted by Crippen LogP contribution is -2.50. The van der Waals surface area contributed by atoms with Crippen LogP contribution in [-0.2, 0) is 4.79 Å². The number of carbonyl (C=O) groups excluding carboxylic acids is 1. The number of hydrogen-bond donors (Lipinski definition) is 0. The maximum Gasteiger partial charge on any atom is 0.135 e. The summed E-state index contributed by atoms with van der Waals surface area (Å²) in [6.07, 6.45) is 15.0. The van der Waals surface area contributed by atoms with E-state index in [1.807, 2.05) is 13.8 Å². The second kappa shape index (κ2) is 7.99. The molecule has 4 rings (SSSR count). The molecule has 0 radical (unpaired) electrons. The Labute approximate surface area is 184 Å². The molecule has 0 aliphatic heterocycles. The predicted molar refractivity (Wildman–Crippen MR) is 123 cm³/mol. The summed E-state index contributed by atoms with van der Waals surface area (Å²) in [6, 6.07) is 0. The fourth-order valence-electron chi connectivity index (χ4n) is 8.45. The fourth-order valence-corrected chi connectivity index (χ4v) is 8.73. The first kappa shape index (κ1) is 21.9. The number of fused-ring (bicyclic) bond motifs is 5. The van der Waals surface area contributed by atoms with Crippen molar-refractivity contribution >= 4 is 17.4 Å². The van der Waals surface area contributed by atoms with Crippen LogP contribution in [0.1, 0.15) is 98.8 Å². The van der Waals surface area contributed by atoms with E-state index in [1.165, 1.54) is 44.9 Å². The molecule has 3 fully saturated rings. The van der Waals surface area contributed by atoms with Crippen molar-refractivity contribution < 1.29 is 4.79 Å². The van der Waals surface area contributed by atoms with Crippen LogP contribution in [0.15, 0.2) is 11.6 Å². The third-order valence-corrected chi connectivity index (χ3v) is 10.7. The molecule has 0 aromatic heterocycles. The monoisotopic (exact) mass is 418 g/mol. The zero-order valence-corrected chi connectivity index (χ0v) is 20.2. The Balaban J connectivity index is 1.49. The van der Waals surface area contributed by atoms with Crippen molar-refractivity contribution in [3.63, 3.8) is 0 Å². The van der Waals surface area contributed by atoms with Crippen LogP contribution in [0, 0.1) is 46.3 Å². The zero-order valence-electron chi connectivity index (χ0n) is 19.5. The van der Waals surface area contributed by atoms with Gasteiger partial charge in [-0.15, -0.1) is 11.6 Å². The first-order valence-electron chi connectivity index (χ1n) is 12.5. The van der Waals surface area contributed by atoms with Gasteiger partial charge in [-0.25, -0.2) is 0 Å². The molecule has 1 unspecified atom stereocenters. The summed E-state index contributed by atoms with van der Waals surface area (Å²) < 4.78 is 0. The molecule has 0 aromatic carbocycles. The van der Waals surface area contributed by atoms with Crippen LogP contribution in [0.3, 0.4) is 0 Å². The molecular weight excluding hydrogens is 376 g/mol. The largest absolute Gasteiger partial charge is 0.299 e. The third kappa shape index (κ3) is 3.66. The molecule has 2 heteroatoms. The van der Waals surface area contributed by atoms with E-state index >= 15 is 0 Å². The highest BCUT2D eigenvalue weighted by atomic mass is 35.5. The van der Waals surface area contributed by atoms with Gasteiger partial charge in [-0.1, -0.05) is 46.3 Å². The minimum Gasteiger partial charge on any atom is -0.299 e. The van der Waals surface area contributed by atoms with Gasteiger partial charge in [0.2, 0.25) is 0 Å². The van der Waals surface area contributed by atoms with Crippen molar-refractivity contribution in [1.82, 2.24) is 0 Å². The average molecular weight is 419 g/mol. The summed E-state index contributed by atoms with van der Waals surface area (Å²) in [7, 11) is 0. The molecule has 0 bridgehead atoms. The van der Waals surface area contributed by atoms with Gasteiger partial charge in [0.25, 0.3) is 0 Å². The number of halogens is 1. The first-order valence-corrected chi connectivity index (χ1v) is 13.0. The van der Waals surface area contributed by atoms with Crippen molar-refractivity contribution in [2.24, 2.45) is 46.3 Å². The van der Waals surface area contributed by atoms with Crippen molar-refractivity contribution in [2.45, 2.75) is 104 Å². The lowest BCUT2D eigenvalue weighted by molar-refractivity contribution is -0.122. The topological polar surface area (TPSA) is 17.1 Å². The Morgan fingerprint density at radius 3 is 2.59 bits per heavy atom. The number of allylic oxidation sites excluding steroid dienone is 2. The van der Waals surface area contributed by atoms with Gasteiger partial charge in [-0.2, -0.15) is 0 Å². The van der Waals surface area contributed by atoms with Gasteiger partial charge >= 0.3 is 0 Å². The molecular formula is C27H43ClO. The van der Waals surface area contributed by atoms with Gasteiger partial charge in [0.15, 0.2) is 0 Å². The van der Waals surface area contributed by atoms with E-state index in [0.717, 1.165) is 42.9 Å². The quantitative estimate of drug-likeness (QED) is 0.328. The van der Waals surface area contributed by atoms with Gasteiger partial charge in [-0.05, 0) is 98.2 Å². The molecule has 1 nitrogen and oxygen atoms in total. The Morgan fingerprint density at radius 2 is 1.86 bits per heavy atom. The average Bonchev–Trinajstić information content (AvgIpc) is 3.03. The van der Waals surface area contributed by atoms with Crippen molar-refractivity contribution in [1.29, 1.82) is 0 Å². The Hall–Kier alpha value is -0.300. The number of hydrogen-bond acceptors (Lipinski definition) is 1. The van der Waals surface area contributed by atoms with Crippen LogP contribution in [0.5, 0.6) is 0 Å². The molecule has 8 atom stereocenters. The third-order valence-electron chi connectivity index (χ3n) is 10.3. The summed E-state index contributed by atoms with van der Waals surface area (Å²) in [4.78, 5) is 12.2. The van der Waals surface area contributed by atoms with E-state index in [-0.39, 0.29) is 5.92 Å². The normalized spacial score (nSPS) is 45.2. The van der Waals surface area contributed by atoms with Gasteiger partial charge in [0.05, 0.1) is 0 Å². The second-order valence-electron chi connectivity index (χ2n) is 12.0. The Morgan fingerprint density at radius 1 is 1.10 bits per heavy atom. The second-order valence-corrected chi connectivity index (χ2v) is 12.6. The maximum absolute atomic E-state index is 12.2. The highest BCUT2D eigenvalue weighted by molar-refractivity contribution is 6.20. The minimum atomic E-state index is 0.191. The van der Waals surface area contributed by atoms with Crippen molar-refractivity contribution in [3.8, 4) is 0 Å². The molecule has 4 aliphatic carbocycles. The van der Waals surface area contributed by atoms with Crippen LogP contribution in [0.2, 0.25) is 0 Å². The molecule has 0 heterocycles. The molecule has 0 aromatic rings. The highest BCUT2D eigenvalue weighted by Crippen LogP contribution is 2.67. The molecule has 0 saturated heterocycles. The summed E-state index contributed by atoms with van der Waals surface area (Å²) in [5.41, 5.74) is 2.61. The van der Waals surface area contributed by atoms with E-state index in [2.05, 4.69) is 26.8 Å². The summed E-state index contributed by atoms with van der Waals surface area (Å²) in [6.45, 7) is 11.7. The van der Waals surface area contributed by atoms with E-state index in [4.69, 9.17) is 11.6 Å². The number of Topliss-reactive ketones (excluding diaryl/α,β-unsaturated/α-hetero) is 1. The van der Waals surface area contributed by atoms with Crippen LogP contribution in [0.25, 0.3) is 0 Å². The Kier molecular flexibility index (Phi) is 6.04. The summed E-state index contributed by atoms with van der Waals surface area (Å²) in [5, 5.41) is 0.366. The SMILES string of the molecule is CC(C)C(=O)CC[C@@H](C)[C@H]1CC[C@H]2[C@@H]3CC=C4CC(Cl)CC[C@]4(C)[C@H]3CC[C@]12C. The molecule has 0 spiro atoms. The van der Waals surface area contributed by atoms with Crippen LogP contribution in [0.4, 0.5) is 0 Å². The standard InChI is InChI=1S/C27H43ClO/c1-17(2)25(29)11-6-18(3)22-9-10-23-21-8-7-19-16-20(28)12-14-26(19,4)24(21)13-15-27(22,23)5/h7,17-18,20-24H,6,8-16H2,1-5H3/t18-,20?,21+,22-,23+,24+,26+,27-/m1/s1. The highest BCUT2D eigenvalue weighted by Gasteiger charge is 2.59. The predicted octanol–water partition coefficient (Wildman–Crippen LogP) is 7.81. The van der Waals surface area contributed by atoms with E-state index < -0.39 is 0 Å². The van der Waals surface area contributed by atoms with Gasteiger partial charge in [0.1, 0.15) is 5.78 Å². The smallest absolute Gasteiger partial charge is 0.135 e. The minimum absolute atomic E-state index is 0.191. The molecule has 29 heavy (non-hydrogen) atoms. The zero-order chi connectivity index (χ0) is 21.0. The molecule has 164 valence electrons. The number of alkyl halides is 1. The summed E-state index contributed by atoms with van der Waals surface area (Å²) >= 11 is 6.55. The summed E-state index contributed by atoms with van der Waals surface area (Å²) in [5.74, 6) is 4.78. The van der Waals surface area contributed by atoms with Gasteiger partial charge in [-0.3, -0.25) is 4.79 Å². The number of ketones is 1. The lowest BCUT2D eigenvalue weighted by atomic mass is 9.47. The van der Waals surface area contributed by atoms with Crippen molar-refractivity contribution in [3.05, 3.63) is 11.6 Å². The van der Waals surface area contributed by atoms with Crippen molar-refractivity contribution in [2.75, 3.05) is 0 Å². The van der Waals surface area contributed by atoms with E-state index in [1.54, 1.807) is 5.57 Å². The van der Waals surface area contributed by atoms with Gasteiger partial charge in [0, 0.05) is 17.7 Å². The Bertz CT molecular complexity index is 665. The molecule has 4 aliphatic rings. The number of carbonyl (C=O) groups is 1. The maximum atomic E-state index is 12.2. The van der Waals surface area contributed by atoms with E-state index in [9.17, 15) is 4.79 Å². The van der Waals surface area contributed by atoms with Gasteiger partial charge < -0.3 is 0 Å². The van der Waals surface area contributed by atoms with Crippen LogP contribution < -0.4 is 0 Å². The molecule has 3 saturated carbocycles. The molecule has 0 amide bonds. The van der Waals surface area contributed by atoms with Crippen LogP contribution >= 0.6 is 11.6 Å². The van der Waals surface area contributed by atoms with Crippen LogP contribution in [-0.4, -0.2) is 11.2 Å². The van der Waals surface area contributed by atoms with E-state index in [0.29, 0.717) is 27.9 Å². The number of rotatable bonds is 5.